The van der Waals surface area contributed by atoms with Crippen LogP contribution in [0.1, 0.15) is 37.4 Å². The zero-order valence-corrected chi connectivity index (χ0v) is 14.4. The van der Waals surface area contributed by atoms with Crippen LogP contribution in [-0.2, 0) is 0 Å². The molecule has 3 rings (SSSR count). The van der Waals surface area contributed by atoms with Gasteiger partial charge in [-0.15, -0.1) is 0 Å². The van der Waals surface area contributed by atoms with E-state index in [-0.39, 0.29) is 12.6 Å². The van der Waals surface area contributed by atoms with Crippen LogP contribution in [0.3, 0.4) is 0 Å². The topological polar surface area (TPSA) is 91.0 Å². The third kappa shape index (κ3) is 3.86. The van der Waals surface area contributed by atoms with Gasteiger partial charge in [-0.25, -0.2) is 0 Å². The summed E-state index contributed by atoms with van der Waals surface area (Å²) in [6.07, 6.45) is -0.0545. The number of benzene rings is 1. The fourth-order valence-electron chi connectivity index (χ4n) is 4.19. The molecule has 6 heteroatoms. The second-order valence-corrected chi connectivity index (χ2v) is 7.04. The molecule has 0 saturated carbocycles. The predicted octanol–water partition coefficient (Wildman–Crippen LogP) is 0.852. The Hall–Kier alpha value is -1.49. The van der Waals surface area contributed by atoms with E-state index in [4.69, 9.17) is 5.26 Å². The molecule has 1 aromatic rings. The maximum atomic E-state index is 10.6. The molecule has 2 fully saturated rings. The minimum absolute atomic E-state index is 0.0859. The standard InChI is InChI=1S/C19H27N3O3/c20-10-6-9-15(23)17-18(25)16(24)13-22(17)19(21-11-4-5-12-21)14-7-2-1-3-8-14/h1-3,7-8,15-19,23-25H,4-6,9,11-13H2/t15-,16?,17?,18?,19?/m0/s1. The van der Waals surface area contributed by atoms with E-state index in [2.05, 4.69) is 17.0 Å². The molecule has 1 aromatic carbocycles. The minimum atomic E-state index is -1.01. The normalized spacial score (nSPS) is 30.2. The lowest BCUT2D eigenvalue weighted by Gasteiger charge is -2.40. The Bertz CT molecular complexity index is 585. The average Bonchev–Trinajstić information content (AvgIpc) is 3.24. The Balaban J connectivity index is 1.90. The lowest BCUT2D eigenvalue weighted by molar-refractivity contribution is -0.0449. The molecular weight excluding hydrogens is 318 g/mol. The maximum Gasteiger partial charge on any atom is 0.0992 e. The van der Waals surface area contributed by atoms with E-state index >= 15 is 0 Å². The summed E-state index contributed by atoms with van der Waals surface area (Å²) in [4.78, 5) is 4.38. The number of nitrogens with zero attached hydrogens (tertiary/aromatic N) is 3. The monoisotopic (exact) mass is 345 g/mol. The molecule has 3 N–H and O–H groups in total. The van der Waals surface area contributed by atoms with Gasteiger partial charge in [-0.2, -0.15) is 5.26 Å². The minimum Gasteiger partial charge on any atom is -0.391 e. The molecule has 136 valence electrons. The van der Waals surface area contributed by atoms with Gasteiger partial charge in [0.25, 0.3) is 0 Å². The Morgan fingerprint density at radius 2 is 1.84 bits per heavy atom. The fraction of sp³-hybridized carbons (Fsp3) is 0.632. The van der Waals surface area contributed by atoms with Crippen LogP contribution in [0, 0.1) is 11.3 Å². The van der Waals surface area contributed by atoms with Crippen molar-refractivity contribution in [1.82, 2.24) is 9.80 Å². The number of nitriles is 1. The van der Waals surface area contributed by atoms with Gasteiger partial charge < -0.3 is 15.3 Å². The van der Waals surface area contributed by atoms with Crippen LogP contribution in [-0.4, -0.2) is 69.1 Å². The molecule has 0 aliphatic carbocycles. The van der Waals surface area contributed by atoms with E-state index in [9.17, 15) is 15.3 Å². The Kier molecular flexibility index (Phi) is 6.05. The molecule has 5 atom stereocenters. The van der Waals surface area contributed by atoms with Crippen molar-refractivity contribution in [3.63, 3.8) is 0 Å². The third-order valence-corrected chi connectivity index (χ3v) is 5.37. The van der Waals surface area contributed by atoms with Gasteiger partial charge in [-0.1, -0.05) is 30.3 Å². The largest absolute Gasteiger partial charge is 0.391 e. The zero-order chi connectivity index (χ0) is 17.8. The van der Waals surface area contributed by atoms with Crippen LogP contribution >= 0.6 is 0 Å². The first-order chi connectivity index (χ1) is 12.1. The number of aliphatic hydroxyl groups excluding tert-OH is 3. The van der Waals surface area contributed by atoms with Crippen LogP contribution in [0.15, 0.2) is 30.3 Å². The molecule has 2 saturated heterocycles. The van der Waals surface area contributed by atoms with Gasteiger partial charge in [0, 0.05) is 13.0 Å². The average molecular weight is 345 g/mol. The van der Waals surface area contributed by atoms with Crippen molar-refractivity contribution in [3.05, 3.63) is 35.9 Å². The summed E-state index contributed by atoms with van der Waals surface area (Å²) in [5.74, 6) is 0. The molecule has 0 bridgehead atoms. The first-order valence-electron chi connectivity index (χ1n) is 9.09. The van der Waals surface area contributed by atoms with E-state index in [0.717, 1.165) is 31.5 Å². The smallest absolute Gasteiger partial charge is 0.0992 e. The number of hydrogen-bond donors (Lipinski definition) is 3. The summed E-state index contributed by atoms with van der Waals surface area (Å²) in [7, 11) is 0. The number of aliphatic hydroxyl groups is 3. The molecule has 6 nitrogen and oxygen atoms in total. The number of rotatable bonds is 6. The molecule has 0 radical (unpaired) electrons. The van der Waals surface area contributed by atoms with E-state index < -0.39 is 24.4 Å². The van der Waals surface area contributed by atoms with Crippen molar-refractivity contribution < 1.29 is 15.3 Å². The number of hydrogen-bond acceptors (Lipinski definition) is 6. The zero-order valence-electron chi connectivity index (χ0n) is 14.4. The maximum absolute atomic E-state index is 10.6. The lowest BCUT2D eigenvalue weighted by atomic mass is 9.99. The quantitative estimate of drug-likeness (QED) is 0.708. The molecule has 2 heterocycles. The summed E-state index contributed by atoms with van der Waals surface area (Å²) in [6, 6.07) is 11.5. The second kappa shape index (κ2) is 8.26. The van der Waals surface area contributed by atoms with Crippen LogP contribution in [0.25, 0.3) is 0 Å². The molecule has 0 aromatic heterocycles. The SMILES string of the molecule is N#CCC[C@H](O)C1C(O)C(O)CN1C(c1ccccc1)N1CCCC1. The van der Waals surface area contributed by atoms with E-state index in [0.29, 0.717) is 13.0 Å². The van der Waals surface area contributed by atoms with E-state index in [1.54, 1.807) is 0 Å². The summed E-state index contributed by atoms with van der Waals surface area (Å²) >= 11 is 0. The highest BCUT2D eigenvalue weighted by atomic mass is 16.3. The summed E-state index contributed by atoms with van der Waals surface area (Å²) in [5.41, 5.74) is 1.10. The van der Waals surface area contributed by atoms with Crippen molar-refractivity contribution in [3.8, 4) is 6.07 Å². The predicted molar refractivity (Wildman–Crippen MR) is 93.4 cm³/mol. The van der Waals surface area contributed by atoms with E-state index in [1.165, 1.54) is 0 Å². The van der Waals surface area contributed by atoms with Gasteiger partial charge in [0.05, 0.1) is 36.6 Å². The van der Waals surface area contributed by atoms with E-state index in [1.807, 2.05) is 29.2 Å². The third-order valence-electron chi connectivity index (χ3n) is 5.37. The highest BCUT2D eigenvalue weighted by molar-refractivity contribution is 5.20. The van der Waals surface area contributed by atoms with Crippen LogP contribution in [0.2, 0.25) is 0 Å². The summed E-state index contributed by atoms with van der Waals surface area (Å²) < 4.78 is 0. The van der Waals surface area contributed by atoms with Crippen molar-refractivity contribution in [2.45, 2.75) is 56.2 Å². The second-order valence-electron chi connectivity index (χ2n) is 7.04. The van der Waals surface area contributed by atoms with Crippen molar-refractivity contribution in [1.29, 1.82) is 5.26 Å². The lowest BCUT2D eigenvalue weighted by Crippen LogP contribution is -2.50. The van der Waals surface area contributed by atoms with Crippen molar-refractivity contribution in [2.24, 2.45) is 0 Å². The summed E-state index contributed by atoms with van der Waals surface area (Å²) in [5, 5.41) is 40.1. The van der Waals surface area contributed by atoms with Crippen LogP contribution < -0.4 is 0 Å². The molecule has 4 unspecified atom stereocenters. The molecule has 0 spiro atoms. The Morgan fingerprint density at radius 1 is 1.16 bits per heavy atom. The van der Waals surface area contributed by atoms with Crippen LogP contribution in [0.5, 0.6) is 0 Å². The Labute approximate surface area is 148 Å². The molecule has 2 aliphatic heterocycles. The van der Waals surface area contributed by atoms with Gasteiger partial charge in [0.15, 0.2) is 0 Å². The van der Waals surface area contributed by atoms with Crippen LogP contribution in [0.4, 0.5) is 0 Å². The fourth-order valence-corrected chi connectivity index (χ4v) is 4.19. The molecule has 0 amide bonds. The highest BCUT2D eigenvalue weighted by Crippen LogP contribution is 2.36. The summed E-state index contributed by atoms with van der Waals surface area (Å²) in [6.45, 7) is 2.23. The van der Waals surface area contributed by atoms with Gasteiger partial charge in [-0.05, 0) is 37.9 Å². The first kappa shape index (κ1) is 18.3. The number of likely N-dealkylation sites (tertiary alicyclic amines) is 2. The number of β-amino-alcohol motifs (C(OH)–C–C–N with tert-alkyl or cyclic N) is 1. The van der Waals surface area contributed by atoms with Gasteiger partial charge in [0.1, 0.15) is 0 Å². The molecule has 2 aliphatic rings. The first-order valence-corrected chi connectivity index (χ1v) is 9.09. The van der Waals surface area contributed by atoms with Crippen molar-refractivity contribution >= 4 is 0 Å². The van der Waals surface area contributed by atoms with Crippen molar-refractivity contribution in [2.75, 3.05) is 19.6 Å². The molecular formula is C19H27N3O3. The highest BCUT2D eigenvalue weighted by Gasteiger charge is 2.48. The van der Waals surface area contributed by atoms with Gasteiger partial charge in [-0.3, -0.25) is 9.80 Å². The van der Waals surface area contributed by atoms with Gasteiger partial charge in [0.2, 0.25) is 0 Å². The Morgan fingerprint density at radius 3 is 2.48 bits per heavy atom. The van der Waals surface area contributed by atoms with Gasteiger partial charge >= 0.3 is 0 Å². The molecule has 25 heavy (non-hydrogen) atoms.